The number of carbonyl (C=O) groups is 1. The summed E-state index contributed by atoms with van der Waals surface area (Å²) in [5, 5.41) is 8.91. The van der Waals surface area contributed by atoms with Gasteiger partial charge < -0.3 is 10.8 Å². The number of nitrogens with two attached hydrogens (primary N) is 1. The molecule has 0 saturated heterocycles. The van der Waals surface area contributed by atoms with E-state index in [0.717, 1.165) is 32.1 Å². The van der Waals surface area contributed by atoms with Crippen molar-refractivity contribution in [1.29, 1.82) is 0 Å². The third-order valence-electron chi connectivity index (χ3n) is 2.66. The Kier molecular flexibility index (Phi) is 2.49. The average Bonchev–Trinajstić information content (AvgIpc) is 2.05. The zero-order valence-electron chi connectivity index (χ0n) is 6.68. The molecular weight excluding hydrogens is 142 g/mol. The van der Waals surface area contributed by atoms with E-state index in [4.69, 9.17) is 10.8 Å². The van der Waals surface area contributed by atoms with Crippen LogP contribution in [0.2, 0.25) is 0 Å². The number of rotatable bonds is 2. The molecule has 3 nitrogen and oxygen atoms in total. The quantitative estimate of drug-likeness (QED) is 0.628. The lowest BCUT2D eigenvalue weighted by molar-refractivity contribution is -0.150. The molecule has 0 atom stereocenters. The molecule has 0 aromatic heterocycles. The van der Waals surface area contributed by atoms with Crippen LogP contribution in [0.3, 0.4) is 0 Å². The zero-order valence-corrected chi connectivity index (χ0v) is 6.68. The van der Waals surface area contributed by atoms with E-state index in [9.17, 15) is 4.79 Å². The number of carboxylic acids is 1. The van der Waals surface area contributed by atoms with Crippen LogP contribution in [0.1, 0.15) is 32.1 Å². The first kappa shape index (κ1) is 8.53. The summed E-state index contributed by atoms with van der Waals surface area (Å²) >= 11 is 0. The van der Waals surface area contributed by atoms with Gasteiger partial charge in [0.2, 0.25) is 0 Å². The van der Waals surface area contributed by atoms with Gasteiger partial charge in [-0.2, -0.15) is 0 Å². The second-order valence-corrected chi connectivity index (χ2v) is 3.35. The van der Waals surface area contributed by atoms with E-state index >= 15 is 0 Å². The molecule has 0 aromatic carbocycles. The zero-order chi connectivity index (χ0) is 8.32. The molecule has 0 radical (unpaired) electrons. The van der Waals surface area contributed by atoms with Crippen molar-refractivity contribution in [3.63, 3.8) is 0 Å². The fraction of sp³-hybridized carbons (Fsp3) is 0.875. The van der Waals surface area contributed by atoms with Gasteiger partial charge >= 0.3 is 5.97 Å². The third kappa shape index (κ3) is 1.53. The highest BCUT2D eigenvalue weighted by Gasteiger charge is 2.37. The predicted molar refractivity (Wildman–Crippen MR) is 42.2 cm³/mol. The smallest absolute Gasteiger partial charge is 0.310 e. The van der Waals surface area contributed by atoms with Crippen LogP contribution < -0.4 is 5.73 Å². The van der Waals surface area contributed by atoms with Gasteiger partial charge in [0.1, 0.15) is 0 Å². The largest absolute Gasteiger partial charge is 0.481 e. The summed E-state index contributed by atoms with van der Waals surface area (Å²) in [7, 11) is 0. The first-order valence-electron chi connectivity index (χ1n) is 4.15. The molecule has 64 valence electrons. The standard InChI is InChI=1S/C8H15NO2/c9-6-8(7(10)11)4-2-1-3-5-8/h1-6,9H2,(H,10,11). The molecule has 0 aliphatic heterocycles. The molecule has 3 heteroatoms. The molecular formula is C8H15NO2. The topological polar surface area (TPSA) is 63.3 Å². The number of hydrogen-bond donors (Lipinski definition) is 2. The summed E-state index contributed by atoms with van der Waals surface area (Å²) in [6, 6.07) is 0. The van der Waals surface area contributed by atoms with Gasteiger partial charge in [-0.1, -0.05) is 19.3 Å². The van der Waals surface area contributed by atoms with Crippen LogP contribution in [0.25, 0.3) is 0 Å². The van der Waals surface area contributed by atoms with Crippen LogP contribution in [0, 0.1) is 5.41 Å². The molecule has 0 amide bonds. The molecule has 0 aromatic rings. The highest BCUT2D eigenvalue weighted by Crippen LogP contribution is 2.35. The van der Waals surface area contributed by atoms with E-state index in [1.54, 1.807) is 0 Å². The molecule has 11 heavy (non-hydrogen) atoms. The lowest BCUT2D eigenvalue weighted by Gasteiger charge is -2.31. The molecule has 1 rings (SSSR count). The number of carboxylic acid groups (broad SMARTS) is 1. The van der Waals surface area contributed by atoms with Gasteiger partial charge in [-0.15, -0.1) is 0 Å². The van der Waals surface area contributed by atoms with Crippen LogP contribution in [0.4, 0.5) is 0 Å². The van der Waals surface area contributed by atoms with Crippen LogP contribution in [-0.4, -0.2) is 17.6 Å². The Balaban J connectivity index is 2.64. The molecule has 0 unspecified atom stereocenters. The first-order valence-corrected chi connectivity index (χ1v) is 4.15. The second kappa shape index (κ2) is 3.22. The van der Waals surface area contributed by atoms with Crippen molar-refractivity contribution >= 4 is 5.97 Å². The lowest BCUT2D eigenvalue weighted by atomic mass is 9.74. The van der Waals surface area contributed by atoms with E-state index in [0.29, 0.717) is 6.54 Å². The van der Waals surface area contributed by atoms with Gasteiger partial charge in [0, 0.05) is 6.54 Å². The summed E-state index contributed by atoms with van der Waals surface area (Å²) in [6.07, 6.45) is 4.72. The third-order valence-corrected chi connectivity index (χ3v) is 2.66. The van der Waals surface area contributed by atoms with Gasteiger partial charge in [0.15, 0.2) is 0 Å². The number of hydrogen-bond acceptors (Lipinski definition) is 2. The molecule has 1 fully saturated rings. The Bertz CT molecular complexity index is 150. The van der Waals surface area contributed by atoms with Crippen molar-refractivity contribution < 1.29 is 9.90 Å². The Morgan fingerprint density at radius 1 is 1.36 bits per heavy atom. The Morgan fingerprint density at radius 3 is 2.18 bits per heavy atom. The monoisotopic (exact) mass is 157 g/mol. The molecule has 0 spiro atoms. The normalized spacial score (nSPS) is 23.0. The predicted octanol–water partition coefficient (Wildman–Crippen LogP) is 0.980. The van der Waals surface area contributed by atoms with Gasteiger partial charge in [-0.3, -0.25) is 4.79 Å². The van der Waals surface area contributed by atoms with E-state index in [1.807, 2.05) is 0 Å². The molecule has 0 heterocycles. The molecule has 1 saturated carbocycles. The van der Waals surface area contributed by atoms with Crippen LogP contribution >= 0.6 is 0 Å². The summed E-state index contributed by atoms with van der Waals surface area (Å²) in [5.74, 6) is -0.709. The first-order chi connectivity index (χ1) is 5.21. The van der Waals surface area contributed by atoms with Gasteiger partial charge in [0.05, 0.1) is 5.41 Å². The van der Waals surface area contributed by atoms with Crippen LogP contribution in [-0.2, 0) is 4.79 Å². The lowest BCUT2D eigenvalue weighted by Crippen LogP contribution is -2.40. The van der Waals surface area contributed by atoms with Crippen molar-refractivity contribution in [3.05, 3.63) is 0 Å². The Morgan fingerprint density at radius 2 is 1.91 bits per heavy atom. The minimum absolute atomic E-state index is 0.294. The average molecular weight is 157 g/mol. The summed E-state index contributed by atoms with van der Waals surface area (Å²) < 4.78 is 0. The molecule has 1 aliphatic rings. The van der Waals surface area contributed by atoms with Crippen LogP contribution in [0.5, 0.6) is 0 Å². The van der Waals surface area contributed by atoms with Gasteiger partial charge in [-0.25, -0.2) is 0 Å². The maximum Gasteiger partial charge on any atom is 0.310 e. The fourth-order valence-corrected chi connectivity index (χ4v) is 1.73. The molecule has 3 N–H and O–H groups in total. The van der Waals surface area contributed by atoms with Crippen LogP contribution in [0.15, 0.2) is 0 Å². The molecule has 1 aliphatic carbocycles. The maximum atomic E-state index is 10.8. The SMILES string of the molecule is NCC1(C(=O)O)CCCCC1. The van der Waals surface area contributed by atoms with Crippen molar-refractivity contribution in [2.75, 3.05) is 6.54 Å². The van der Waals surface area contributed by atoms with Crippen molar-refractivity contribution in [1.82, 2.24) is 0 Å². The van der Waals surface area contributed by atoms with E-state index in [2.05, 4.69) is 0 Å². The Hall–Kier alpha value is -0.570. The van der Waals surface area contributed by atoms with Gasteiger partial charge in [0.25, 0.3) is 0 Å². The van der Waals surface area contributed by atoms with Crippen molar-refractivity contribution in [2.45, 2.75) is 32.1 Å². The van der Waals surface area contributed by atoms with E-state index in [1.165, 1.54) is 0 Å². The summed E-state index contributed by atoms with van der Waals surface area (Å²) in [5.41, 5.74) is 4.87. The molecule has 0 bridgehead atoms. The number of aliphatic carboxylic acids is 1. The Labute approximate surface area is 66.6 Å². The van der Waals surface area contributed by atoms with Gasteiger partial charge in [-0.05, 0) is 12.8 Å². The van der Waals surface area contributed by atoms with E-state index < -0.39 is 11.4 Å². The highest BCUT2D eigenvalue weighted by molar-refractivity contribution is 5.75. The maximum absolute atomic E-state index is 10.8. The second-order valence-electron chi connectivity index (χ2n) is 3.35. The fourth-order valence-electron chi connectivity index (χ4n) is 1.73. The minimum Gasteiger partial charge on any atom is -0.481 e. The van der Waals surface area contributed by atoms with Crippen molar-refractivity contribution in [2.24, 2.45) is 11.1 Å². The highest BCUT2D eigenvalue weighted by atomic mass is 16.4. The summed E-state index contributed by atoms with van der Waals surface area (Å²) in [6.45, 7) is 0.294. The summed E-state index contributed by atoms with van der Waals surface area (Å²) in [4.78, 5) is 10.8. The van der Waals surface area contributed by atoms with Crippen molar-refractivity contribution in [3.8, 4) is 0 Å². The minimum atomic E-state index is -0.709. The van der Waals surface area contributed by atoms with E-state index in [-0.39, 0.29) is 0 Å².